The van der Waals surface area contributed by atoms with Crippen molar-refractivity contribution in [2.45, 2.75) is 37.0 Å². The van der Waals surface area contributed by atoms with Crippen molar-refractivity contribution in [1.82, 2.24) is 9.88 Å². The molecule has 0 saturated carbocycles. The van der Waals surface area contributed by atoms with Crippen LogP contribution in [-0.4, -0.2) is 45.1 Å². The maximum atomic E-state index is 12.5. The number of hydrogen-bond donors (Lipinski definition) is 0. The van der Waals surface area contributed by atoms with Gasteiger partial charge in [0.15, 0.2) is 0 Å². The minimum Gasteiger partial charge on any atom is -0.338 e. The molecule has 0 bridgehead atoms. The minimum absolute atomic E-state index is 0.105. The fraction of sp³-hybridized carbons (Fsp3) is 0.600. The van der Waals surface area contributed by atoms with E-state index < -0.39 is 0 Å². The Labute approximate surface area is 129 Å². The Bertz CT molecular complexity index is 463. The molecule has 0 atom stereocenters. The SMILES string of the molecule is CC(C)(C)Sc1cc(C(=O)N2CCCSCC2)ccn1. The lowest BCUT2D eigenvalue weighted by Gasteiger charge is -2.21. The molecule has 0 unspecified atom stereocenters. The molecule has 1 aromatic heterocycles. The summed E-state index contributed by atoms with van der Waals surface area (Å²) in [5.41, 5.74) is 0.763. The molecule has 110 valence electrons. The van der Waals surface area contributed by atoms with Gasteiger partial charge in [-0.3, -0.25) is 4.79 Å². The molecule has 0 spiro atoms. The predicted octanol–water partition coefficient (Wildman–Crippen LogP) is 3.55. The molecule has 2 heterocycles. The van der Waals surface area contributed by atoms with Crippen LogP contribution in [0.5, 0.6) is 0 Å². The van der Waals surface area contributed by atoms with Crippen LogP contribution in [0.1, 0.15) is 37.6 Å². The van der Waals surface area contributed by atoms with Gasteiger partial charge in [-0.15, -0.1) is 11.8 Å². The standard InChI is InChI=1S/C15H22N2OS2/c1-15(2,3)20-13-11-12(5-6-16-13)14(18)17-7-4-9-19-10-8-17/h5-6,11H,4,7-10H2,1-3H3. The summed E-state index contributed by atoms with van der Waals surface area (Å²) < 4.78 is 0.105. The van der Waals surface area contributed by atoms with Gasteiger partial charge in [0.2, 0.25) is 0 Å². The molecule has 0 radical (unpaired) electrons. The Morgan fingerprint density at radius 1 is 1.35 bits per heavy atom. The van der Waals surface area contributed by atoms with Gasteiger partial charge >= 0.3 is 0 Å². The van der Waals surface area contributed by atoms with Crippen LogP contribution in [0, 0.1) is 0 Å². The Hall–Kier alpha value is -0.680. The number of thioether (sulfide) groups is 2. The van der Waals surface area contributed by atoms with E-state index in [0.717, 1.165) is 41.6 Å². The minimum atomic E-state index is 0.105. The first-order valence-corrected chi connectivity index (χ1v) is 8.95. The first-order chi connectivity index (χ1) is 9.46. The highest BCUT2D eigenvalue weighted by Crippen LogP contribution is 2.30. The summed E-state index contributed by atoms with van der Waals surface area (Å²) >= 11 is 3.63. The van der Waals surface area contributed by atoms with Gasteiger partial charge in [0.25, 0.3) is 5.91 Å². The average Bonchev–Trinajstić information content (AvgIpc) is 2.65. The smallest absolute Gasteiger partial charge is 0.254 e. The van der Waals surface area contributed by atoms with Crippen LogP contribution >= 0.6 is 23.5 Å². The summed E-state index contributed by atoms with van der Waals surface area (Å²) in [6.45, 7) is 8.18. The molecule has 5 heteroatoms. The summed E-state index contributed by atoms with van der Waals surface area (Å²) in [5.74, 6) is 2.34. The van der Waals surface area contributed by atoms with Crippen LogP contribution in [0.25, 0.3) is 0 Å². The van der Waals surface area contributed by atoms with Gasteiger partial charge in [-0.25, -0.2) is 4.98 Å². The topological polar surface area (TPSA) is 33.2 Å². The van der Waals surface area contributed by atoms with Crippen LogP contribution in [0.2, 0.25) is 0 Å². The van der Waals surface area contributed by atoms with E-state index in [2.05, 4.69) is 25.8 Å². The quantitative estimate of drug-likeness (QED) is 0.782. The van der Waals surface area contributed by atoms with Crippen LogP contribution < -0.4 is 0 Å². The third-order valence-corrected chi connectivity index (χ3v) is 5.00. The van der Waals surface area contributed by atoms with Gasteiger partial charge in [0.05, 0.1) is 5.03 Å². The molecule has 3 nitrogen and oxygen atoms in total. The van der Waals surface area contributed by atoms with Crippen LogP contribution in [-0.2, 0) is 0 Å². The van der Waals surface area contributed by atoms with E-state index in [9.17, 15) is 4.79 Å². The van der Waals surface area contributed by atoms with Gasteiger partial charge < -0.3 is 4.90 Å². The third kappa shape index (κ3) is 4.70. The van der Waals surface area contributed by atoms with Crippen molar-refractivity contribution >= 4 is 29.4 Å². The van der Waals surface area contributed by atoms with Crippen molar-refractivity contribution < 1.29 is 4.79 Å². The van der Waals surface area contributed by atoms with Crippen molar-refractivity contribution in [2.24, 2.45) is 0 Å². The highest BCUT2D eigenvalue weighted by Gasteiger charge is 2.19. The zero-order valence-electron chi connectivity index (χ0n) is 12.4. The Morgan fingerprint density at radius 2 is 2.15 bits per heavy atom. The van der Waals surface area contributed by atoms with E-state index in [-0.39, 0.29) is 10.7 Å². The zero-order valence-corrected chi connectivity index (χ0v) is 14.0. The number of amides is 1. The lowest BCUT2D eigenvalue weighted by Crippen LogP contribution is -2.33. The Balaban J connectivity index is 2.11. The highest BCUT2D eigenvalue weighted by molar-refractivity contribution is 8.00. The van der Waals surface area contributed by atoms with Gasteiger partial charge in [-0.1, -0.05) is 20.8 Å². The van der Waals surface area contributed by atoms with Crippen molar-refractivity contribution in [3.05, 3.63) is 23.9 Å². The molecule has 1 aliphatic rings. The number of aromatic nitrogens is 1. The van der Waals surface area contributed by atoms with Crippen molar-refractivity contribution in [2.75, 3.05) is 24.6 Å². The van der Waals surface area contributed by atoms with Crippen LogP contribution in [0.3, 0.4) is 0 Å². The summed E-state index contributed by atoms with van der Waals surface area (Å²) in [7, 11) is 0. The molecular formula is C15H22N2OS2. The van der Waals surface area contributed by atoms with Gasteiger partial charge in [0, 0.05) is 35.3 Å². The molecule has 1 saturated heterocycles. The third-order valence-electron chi connectivity index (χ3n) is 2.90. The average molecular weight is 310 g/mol. The summed E-state index contributed by atoms with van der Waals surface area (Å²) in [6.07, 6.45) is 2.83. The number of carbonyl (C=O) groups is 1. The normalized spacial score (nSPS) is 16.9. The first-order valence-electron chi connectivity index (χ1n) is 6.98. The molecule has 2 rings (SSSR count). The second-order valence-electron chi connectivity index (χ2n) is 5.86. The number of rotatable bonds is 2. The van der Waals surface area contributed by atoms with Crippen LogP contribution in [0.4, 0.5) is 0 Å². The van der Waals surface area contributed by atoms with Crippen LogP contribution in [0.15, 0.2) is 23.4 Å². The van der Waals surface area contributed by atoms with E-state index in [1.807, 2.05) is 28.8 Å². The maximum Gasteiger partial charge on any atom is 0.254 e. The second-order valence-corrected chi connectivity index (χ2v) is 8.93. The van der Waals surface area contributed by atoms with Crippen molar-refractivity contribution in [3.8, 4) is 0 Å². The molecule has 20 heavy (non-hydrogen) atoms. The molecule has 1 amide bonds. The first kappa shape index (κ1) is 15.7. The van der Waals surface area contributed by atoms with Crippen molar-refractivity contribution in [3.63, 3.8) is 0 Å². The highest BCUT2D eigenvalue weighted by atomic mass is 32.2. The molecule has 1 aromatic rings. The lowest BCUT2D eigenvalue weighted by molar-refractivity contribution is 0.0768. The van der Waals surface area contributed by atoms with E-state index >= 15 is 0 Å². The number of hydrogen-bond acceptors (Lipinski definition) is 4. The van der Waals surface area contributed by atoms with E-state index in [1.54, 1.807) is 18.0 Å². The molecule has 0 N–H and O–H groups in total. The van der Waals surface area contributed by atoms with E-state index in [0.29, 0.717) is 0 Å². The lowest BCUT2D eigenvalue weighted by atomic mass is 10.2. The largest absolute Gasteiger partial charge is 0.338 e. The van der Waals surface area contributed by atoms with Gasteiger partial charge in [0.1, 0.15) is 0 Å². The van der Waals surface area contributed by atoms with Gasteiger partial charge in [-0.2, -0.15) is 11.8 Å². The predicted molar refractivity (Wildman–Crippen MR) is 87.7 cm³/mol. The maximum absolute atomic E-state index is 12.5. The summed E-state index contributed by atoms with van der Waals surface area (Å²) in [4.78, 5) is 18.9. The van der Waals surface area contributed by atoms with Gasteiger partial charge in [-0.05, 0) is 24.3 Å². The monoisotopic (exact) mass is 310 g/mol. The number of carbonyl (C=O) groups excluding carboxylic acids is 1. The molecule has 0 aromatic carbocycles. The second kappa shape index (κ2) is 6.85. The summed E-state index contributed by atoms with van der Waals surface area (Å²) in [6, 6.07) is 3.75. The Kier molecular flexibility index (Phi) is 5.38. The van der Waals surface area contributed by atoms with Crippen molar-refractivity contribution in [1.29, 1.82) is 0 Å². The molecule has 1 fully saturated rings. The fourth-order valence-electron chi connectivity index (χ4n) is 2.04. The van der Waals surface area contributed by atoms with E-state index in [1.165, 1.54) is 0 Å². The summed E-state index contributed by atoms with van der Waals surface area (Å²) in [5, 5.41) is 0.924. The number of nitrogens with zero attached hydrogens (tertiary/aromatic N) is 2. The number of pyridine rings is 1. The zero-order chi connectivity index (χ0) is 14.6. The molecule has 0 aliphatic carbocycles. The Morgan fingerprint density at radius 3 is 2.90 bits per heavy atom. The molecule has 1 aliphatic heterocycles. The fourth-order valence-corrected chi connectivity index (χ4v) is 3.86. The molecular weight excluding hydrogens is 288 g/mol. The van der Waals surface area contributed by atoms with E-state index in [4.69, 9.17) is 0 Å².